The van der Waals surface area contributed by atoms with E-state index in [-0.39, 0.29) is 41.3 Å². The fourth-order valence-corrected chi connectivity index (χ4v) is 6.94. The normalized spacial score (nSPS) is 22.5. The molecule has 4 fully saturated rings. The molecule has 6 rings (SSSR count). The number of alkyl halides is 3. The predicted octanol–water partition coefficient (Wildman–Crippen LogP) is 4.59. The maximum absolute atomic E-state index is 14.0. The molecule has 1 saturated carbocycles. The zero-order valence-corrected chi connectivity index (χ0v) is 23.6. The molecule has 1 aromatic heterocycles. The number of hydrogen-bond acceptors (Lipinski definition) is 5. The monoisotopic (exact) mass is 586 g/mol. The molecular weight excluding hydrogens is 549 g/mol. The van der Waals surface area contributed by atoms with Crippen molar-refractivity contribution in [3.8, 4) is 0 Å². The summed E-state index contributed by atoms with van der Waals surface area (Å²) in [5, 5.41) is 4.67. The minimum absolute atomic E-state index is 0.0180. The Morgan fingerprint density at radius 3 is 2.12 bits per heavy atom. The van der Waals surface area contributed by atoms with Gasteiger partial charge in [-0.25, -0.2) is 4.79 Å². The molecule has 12 heteroatoms. The van der Waals surface area contributed by atoms with Crippen LogP contribution in [-0.2, 0) is 11.0 Å². The number of piperidine rings is 2. The van der Waals surface area contributed by atoms with Crippen molar-refractivity contribution in [3.63, 3.8) is 0 Å². The Bertz CT molecular complexity index is 1340. The molecule has 3 saturated heterocycles. The van der Waals surface area contributed by atoms with Gasteiger partial charge >= 0.3 is 12.2 Å². The van der Waals surface area contributed by atoms with Crippen molar-refractivity contribution in [2.75, 3.05) is 37.6 Å². The first-order chi connectivity index (χ1) is 20.1. The molecule has 226 valence electrons. The Morgan fingerprint density at radius 1 is 0.857 bits per heavy atom. The third kappa shape index (κ3) is 5.47. The van der Waals surface area contributed by atoms with E-state index in [1.807, 2.05) is 9.58 Å². The van der Waals surface area contributed by atoms with Crippen LogP contribution in [0, 0.1) is 5.92 Å². The van der Waals surface area contributed by atoms with Gasteiger partial charge in [-0.1, -0.05) is 12.1 Å². The zero-order valence-electron chi connectivity index (χ0n) is 23.6. The number of amides is 3. The summed E-state index contributed by atoms with van der Waals surface area (Å²) >= 11 is 0. The number of ketones is 1. The van der Waals surface area contributed by atoms with E-state index in [4.69, 9.17) is 5.73 Å². The molecule has 2 N–H and O–H groups in total. The summed E-state index contributed by atoms with van der Waals surface area (Å²) in [6.45, 7) is 2.57. The molecule has 1 atom stereocenters. The minimum atomic E-state index is -4.51. The smallest absolute Gasteiger partial charge is 0.369 e. The number of Topliss-reactive ketones (excluding diaryl/α,β-unsaturated/α-hetero) is 1. The Labute approximate surface area is 242 Å². The number of nitrogens with two attached hydrogens (primary N) is 1. The van der Waals surface area contributed by atoms with Crippen LogP contribution in [0.3, 0.4) is 0 Å². The molecule has 42 heavy (non-hydrogen) atoms. The number of anilines is 1. The predicted molar refractivity (Wildman–Crippen MR) is 149 cm³/mol. The molecule has 3 aliphatic heterocycles. The van der Waals surface area contributed by atoms with Crippen LogP contribution in [0.25, 0.3) is 0 Å². The highest BCUT2D eigenvalue weighted by Crippen LogP contribution is 2.45. The fraction of sp³-hybridized carbons (Fsp3) is 0.600. The highest BCUT2D eigenvalue weighted by Gasteiger charge is 2.42. The summed E-state index contributed by atoms with van der Waals surface area (Å²) in [5.41, 5.74) is 6.18. The second-order valence-electron chi connectivity index (χ2n) is 12.1. The van der Waals surface area contributed by atoms with E-state index in [0.717, 1.165) is 24.6 Å². The fourth-order valence-electron chi connectivity index (χ4n) is 6.94. The Morgan fingerprint density at radius 2 is 1.50 bits per heavy atom. The third-order valence-corrected chi connectivity index (χ3v) is 9.39. The van der Waals surface area contributed by atoms with Gasteiger partial charge in [-0.2, -0.15) is 18.3 Å². The Balaban J connectivity index is 1.16. The van der Waals surface area contributed by atoms with Crippen LogP contribution in [0.5, 0.6) is 0 Å². The Hall–Kier alpha value is -3.57. The summed E-state index contributed by atoms with van der Waals surface area (Å²) in [5.74, 6) is -0.425. The maximum atomic E-state index is 14.0. The summed E-state index contributed by atoms with van der Waals surface area (Å²) in [6, 6.07) is 4.84. The van der Waals surface area contributed by atoms with Gasteiger partial charge in [0.1, 0.15) is 0 Å². The number of primary amides is 1. The van der Waals surface area contributed by atoms with Gasteiger partial charge in [-0.3, -0.25) is 14.3 Å². The van der Waals surface area contributed by atoms with Crippen molar-refractivity contribution in [3.05, 3.63) is 47.3 Å². The molecule has 0 radical (unpaired) electrons. The lowest BCUT2D eigenvalue weighted by Gasteiger charge is -2.38. The van der Waals surface area contributed by atoms with Gasteiger partial charge in [0, 0.05) is 50.2 Å². The van der Waals surface area contributed by atoms with E-state index < -0.39 is 17.8 Å². The first-order valence-corrected chi connectivity index (χ1v) is 15.0. The van der Waals surface area contributed by atoms with Crippen LogP contribution in [0.15, 0.2) is 30.5 Å². The van der Waals surface area contributed by atoms with Crippen molar-refractivity contribution >= 4 is 23.4 Å². The van der Waals surface area contributed by atoms with Crippen LogP contribution in [0.4, 0.5) is 23.7 Å². The van der Waals surface area contributed by atoms with Crippen molar-refractivity contribution in [2.45, 2.75) is 75.5 Å². The zero-order chi connectivity index (χ0) is 29.6. The Kier molecular flexibility index (Phi) is 7.65. The van der Waals surface area contributed by atoms with Crippen molar-refractivity contribution in [2.24, 2.45) is 11.7 Å². The maximum Gasteiger partial charge on any atom is 0.418 e. The van der Waals surface area contributed by atoms with Gasteiger partial charge in [0.2, 0.25) is 5.91 Å². The van der Waals surface area contributed by atoms with Crippen molar-refractivity contribution in [1.29, 1.82) is 0 Å². The molecule has 4 aliphatic rings. The lowest BCUT2D eigenvalue weighted by atomic mass is 9.96. The number of carbonyl (C=O) groups excluding carboxylic acids is 3. The van der Waals surface area contributed by atoms with Crippen molar-refractivity contribution < 1.29 is 27.6 Å². The topological polar surface area (TPSA) is 105 Å². The van der Waals surface area contributed by atoms with E-state index in [9.17, 15) is 27.6 Å². The quantitative estimate of drug-likeness (QED) is 0.499. The van der Waals surface area contributed by atoms with Crippen LogP contribution >= 0.6 is 0 Å². The molecule has 1 unspecified atom stereocenters. The van der Waals surface area contributed by atoms with Gasteiger partial charge < -0.3 is 20.4 Å². The second kappa shape index (κ2) is 11.3. The van der Waals surface area contributed by atoms with Crippen LogP contribution in [0.2, 0.25) is 0 Å². The lowest BCUT2D eigenvalue weighted by Crippen LogP contribution is -2.50. The first-order valence-electron chi connectivity index (χ1n) is 15.0. The largest absolute Gasteiger partial charge is 0.418 e. The number of nitrogens with zero attached hydrogens (tertiary/aromatic N) is 5. The highest BCUT2D eigenvalue weighted by molar-refractivity contribution is 6.03. The van der Waals surface area contributed by atoms with Gasteiger partial charge in [0.25, 0.3) is 0 Å². The summed E-state index contributed by atoms with van der Waals surface area (Å²) < 4.78 is 43.4. The molecule has 0 bridgehead atoms. The molecule has 3 amide bonds. The van der Waals surface area contributed by atoms with E-state index in [1.54, 1.807) is 22.1 Å². The van der Waals surface area contributed by atoms with E-state index in [0.29, 0.717) is 76.8 Å². The van der Waals surface area contributed by atoms with Gasteiger partial charge in [0.05, 0.1) is 35.1 Å². The van der Waals surface area contributed by atoms with Gasteiger partial charge in [-0.15, -0.1) is 0 Å². The third-order valence-electron chi connectivity index (χ3n) is 9.39. The summed E-state index contributed by atoms with van der Waals surface area (Å²) in [6.07, 6.45) is 2.74. The number of benzene rings is 1. The average molecular weight is 587 g/mol. The summed E-state index contributed by atoms with van der Waals surface area (Å²) in [4.78, 5) is 43.8. The van der Waals surface area contributed by atoms with E-state index >= 15 is 0 Å². The molecule has 2 aromatic rings. The van der Waals surface area contributed by atoms with E-state index in [1.165, 1.54) is 12.1 Å². The number of likely N-dealkylation sites (tertiary alicyclic amines) is 2. The molecular formula is C30H37F3N6O3. The van der Waals surface area contributed by atoms with Crippen LogP contribution < -0.4 is 10.6 Å². The van der Waals surface area contributed by atoms with Crippen molar-refractivity contribution in [1.82, 2.24) is 19.6 Å². The number of carbonyl (C=O) groups is 3. The number of hydrogen-bond donors (Lipinski definition) is 1. The second-order valence-corrected chi connectivity index (χ2v) is 12.1. The van der Waals surface area contributed by atoms with Crippen LogP contribution in [-0.4, -0.2) is 76.1 Å². The van der Waals surface area contributed by atoms with E-state index in [2.05, 4.69) is 5.10 Å². The number of para-hydroxylation sites is 1. The number of urea groups is 1. The van der Waals surface area contributed by atoms with Crippen LogP contribution in [0.1, 0.15) is 84.9 Å². The molecule has 0 spiro atoms. The lowest BCUT2D eigenvalue weighted by molar-refractivity contribution is -0.137. The SMILES string of the molecule is NC(=O)C1CCN(C(=O)N2CCC(n3ncc(C(=O)C4CCCN4c4ccccc4C(F)(F)F)c3C3CC3)CC2)CC1. The standard InChI is InChI=1S/C30H37F3N6O3/c31-30(32,33)23-4-1-2-5-24(23)38-13-3-6-25(38)27(40)22-18-35-39(26(22)19-7-8-19)21-11-16-37(17-12-21)29(42)36-14-9-20(10-15-36)28(34)41/h1-2,4-5,18-21,25H,3,6-17H2,(H2,34,41). The molecule has 1 aromatic carbocycles. The molecule has 4 heterocycles. The summed E-state index contributed by atoms with van der Waals surface area (Å²) in [7, 11) is 0. The molecule has 9 nitrogen and oxygen atoms in total. The number of halogens is 3. The minimum Gasteiger partial charge on any atom is -0.369 e. The number of rotatable bonds is 6. The van der Waals surface area contributed by atoms with Gasteiger partial charge in [0.15, 0.2) is 5.78 Å². The molecule has 1 aliphatic carbocycles. The first kappa shape index (κ1) is 28.5. The number of aromatic nitrogens is 2. The van der Waals surface area contributed by atoms with Gasteiger partial charge in [-0.05, 0) is 63.5 Å². The average Bonchev–Trinajstić information content (AvgIpc) is 3.53. The highest BCUT2D eigenvalue weighted by atomic mass is 19.4.